The monoisotopic (exact) mass is 293 g/mol. The second-order valence-electron chi connectivity index (χ2n) is 5.02. The van der Waals surface area contributed by atoms with Gasteiger partial charge in [-0.3, -0.25) is 4.79 Å². The number of hydrogen-bond acceptors (Lipinski definition) is 1. The minimum atomic E-state index is 0.0846. The summed E-state index contributed by atoms with van der Waals surface area (Å²) >= 11 is 3.78. The van der Waals surface area contributed by atoms with Crippen LogP contribution in [0.3, 0.4) is 0 Å². The summed E-state index contributed by atoms with van der Waals surface area (Å²) in [7, 11) is 0. The van der Waals surface area contributed by atoms with Gasteiger partial charge in [0.2, 0.25) is 0 Å². The zero-order chi connectivity index (χ0) is 11.8. The number of alkyl halides is 1. The molecule has 1 aromatic rings. The van der Waals surface area contributed by atoms with Crippen molar-refractivity contribution in [2.45, 2.75) is 30.5 Å². The number of halogens is 1. The highest BCUT2D eigenvalue weighted by molar-refractivity contribution is 9.09. The Morgan fingerprint density at radius 3 is 2.88 bits per heavy atom. The first kappa shape index (κ1) is 11.3. The van der Waals surface area contributed by atoms with E-state index in [1.165, 1.54) is 30.4 Å². The summed E-state index contributed by atoms with van der Waals surface area (Å²) in [6, 6.07) is 6.37. The molecule has 1 aliphatic carbocycles. The predicted molar refractivity (Wildman–Crippen MR) is 71.5 cm³/mol. The first-order valence-corrected chi connectivity index (χ1v) is 7.22. The fraction of sp³-hybridized carbons (Fsp3) is 0.500. The van der Waals surface area contributed by atoms with Crippen molar-refractivity contribution >= 4 is 21.8 Å². The first-order valence-electron chi connectivity index (χ1n) is 6.31. The van der Waals surface area contributed by atoms with Crippen molar-refractivity contribution in [3.63, 3.8) is 0 Å². The quantitative estimate of drug-likeness (QED) is 0.834. The Bertz CT molecular complexity index is 454. The molecule has 1 fully saturated rings. The molecular weight excluding hydrogens is 278 g/mol. The average Bonchev–Trinajstić information content (AvgIpc) is 2.27. The molecule has 17 heavy (non-hydrogen) atoms. The highest BCUT2D eigenvalue weighted by atomic mass is 79.9. The zero-order valence-electron chi connectivity index (χ0n) is 9.71. The van der Waals surface area contributed by atoms with E-state index in [0.717, 1.165) is 24.4 Å². The number of carbonyl (C=O) groups excluding carboxylic acids is 1. The van der Waals surface area contributed by atoms with Crippen LogP contribution >= 0.6 is 15.9 Å². The molecule has 1 aromatic carbocycles. The number of rotatable bonds is 2. The van der Waals surface area contributed by atoms with Crippen LogP contribution in [0.4, 0.5) is 0 Å². The number of benzene rings is 1. The first-order chi connectivity index (χ1) is 8.25. The van der Waals surface area contributed by atoms with E-state index in [4.69, 9.17) is 0 Å². The summed E-state index contributed by atoms with van der Waals surface area (Å²) in [4.78, 5) is 12.2. The van der Waals surface area contributed by atoms with Gasteiger partial charge in [-0.05, 0) is 42.4 Å². The van der Waals surface area contributed by atoms with Crippen LogP contribution in [0.5, 0.6) is 0 Å². The van der Waals surface area contributed by atoms with Crippen LogP contribution in [-0.4, -0.2) is 12.5 Å². The third-order valence-corrected chi connectivity index (χ3v) is 5.22. The van der Waals surface area contributed by atoms with Gasteiger partial charge in [0, 0.05) is 16.9 Å². The minimum Gasteiger partial charge on any atom is -0.352 e. The van der Waals surface area contributed by atoms with Crippen molar-refractivity contribution in [3.8, 4) is 0 Å². The second kappa shape index (κ2) is 4.45. The lowest BCUT2D eigenvalue weighted by Gasteiger charge is -2.31. The maximum Gasteiger partial charge on any atom is 0.251 e. The van der Waals surface area contributed by atoms with Crippen molar-refractivity contribution in [2.24, 2.45) is 5.92 Å². The smallest absolute Gasteiger partial charge is 0.251 e. The fourth-order valence-corrected chi connectivity index (χ4v) is 3.42. The lowest BCUT2D eigenvalue weighted by molar-refractivity contribution is 0.0946. The van der Waals surface area contributed by atoms with Gasteiger partial charge >= 0.3 is 0 Å². The SMILES string of the molecule is O=C1NCCc2ccc(C(Br)C3CCC3)cc21. The normalized spacial score (nSPS) is 21.4. The standard InChI is InChI=1S/C14H16BrNO/c15-13(10-2-1-3-10)11-5-4-9-6-7-16-14(17)12(9)8-11/h4-5,8,10,13H,1-3,6-7H2,(H,16,17). The fourth-order valence-electron chi connectivity index (χ4n) is 2.61. The number of nitrogens with one attached hydrogen (secondary N) is 1. The number of carbonyl (C=O) groups is 1. The van der Waals surface area contributed by atoms with Crippen LogP contribution in [-0.2, 0) is 6.42 Å². The summed E-state index contributed by atoms with van der Waals surface area (Å²) in [5.41, 5.74) is 3.31. The average molecular weight is 294 g/mol. The van der Waals surface area contributed by atoms with Crippen LogP contribution < -0.4 is 5.32 Å². The molecule has 0 saturated heterocycles. The molecule has 2 nitrogen and oxygen atoms in total. The highest BCUT2D eigenvalue weighted by Gasteiger charge is 2.27. The largest absolute Gasteiger partial charge is 0.352 e. The van der Waals surface area contributed by atoms with E-state index in [2.05, 4.69) is 39.4 Å². The molecular formula is C14H16BrNO. The molecule has 3 rings (SSSR count). The van der Waals surface area contributed by atoms with Crippen molar-refractivity contribution in [3.05, 3.63) is 34.9 Å². The van der Waals surface area contributed by atoms with E-state index >= 15 is 0 Å². The Morgan fingerprint density at radius 2 is 2.18 bits per heavy atom. The van der Waals surface area contributed by atoms with Crippen molar-refractivity contribution in [1.82, 2.24) is 5.32 Å². The summed E-state index contributed by atoms with van der Waals surface area (Å²) in [6.45, 7) is 0.769. The number of fused-ring (bicyclic) bond motifs is 1. The van der Waals surface area contributed by atoms with Gasteiger partial charge < -0.3 is 5.32 Å². The predicted octanol–water partition coefficient (Wildman–Crippen LogP) is 3.21. The topological polar surface area (TPSA) is 29.1 Å². The van der Waals surface area contributed by atoms with E-state index in [0.29, 0.717) is 4.83 Å². The Labute approximate surface area is 110 Å². The number of hydrogen-bond donors (Lipinski definition) is 1. The summed E-state index contributed by atoms with van der Waals surface area (Å²) in [6.07, 6.45) is 4.91. The van der Waals surface area contributed by atoms with Gasteiger partial charge in [-0.15, -0.1) is 0 Å². The molecule has 3 heteroatoms. The van der Waals surface area contributed by atoms with Crippen molar-refractivity contribution in [1.29, 1.82) is 0 Å². The molecule has 1 atom stereocenters. The molecule has 1 unspecified atom stereocenters. The Kier molecular flexibility index (Phi) is 2.95. The summed E-state index contributed by atoms with van der Waals surface area (Å²) in [5, 5.41) is 2.91. The van der Waals surface area contributed by atoms with E-state index in [9.17, 15) is 4.79 Å². The van der Waals surface area contributed by atoms with E-state index in [-0.39, 0.29) is 5.91 Å². The maximum absolute atomic E-state index is 11.8. The second-order valence-corrected chi connectivity index (χ2v) is 6.00. The van der Waals surface area contributed by atoms with Crippen LogP contribution in [0.25, 0.3) is 0 Å². The Hall–Kier alpha value is -0.830. The molecule has 0 aromatic heterocycles. The van der Waals surface area contributed by atoms with Crippen molar-refractivity contribution in [2.75, 3.05) is 6.54 Å². The van der Waals surface area contributed by atoms with Gasteiger partial charge in [-0.25, -0.2) is 0 Å². The molecule has 90 valence electrons. The van der Waals surface area contributed by atoms with Gasteiger partial charge in [0.05, 0.1) is 0 Å². The molecule has 1 heterocycles. The molecule has 0 radical (unpaired) electrons. The third kappa shape index (κ3) is 2.01. The Balaban J connectivity index is 1.91. The van der Waals surface area contributed by atoms with E-state index in [1.54, 1.807) is 0 Å². The molecule has 0 bridgehead atoms. The van der Waals surface area contributed by atoms with Crippen LogP contribution in [0, 0.1) is 5.92 Å². The maximum atomic E-state index is 11.8. The molecule has 2 aliphatic rings. The van der Waals surface area contributed by atoms with Crippen LogP contribution in [0.1, 0.15) is 45.6 Å². The summed E-state index contributed by atoms with van der Waals surface area (Å²) in [5.74, 6) is 0.834. The van der Waals surface area contributed by atoms with Crippen LogP contribution in [0.2, 0.25) is 0 Å². The van der Waals surface area contributed by atoms with Gasteiger partial charge in [0.15, 0.2) is 0 Å². The molecule has 1 N–H and O–H groups in total. The molecule has 0 spiro atoms. The highest BCUT2D eigenvalue weighted by Crippen LogP contribution is 2.43. The van der Waals surface area contributed by atoms with Gasteiger partial charge in [0.25, 0.3) is 5.91 Å². The molecule has 1 saturated carbocycles. The zero-order valence-corrected chi connectivity index (χ0v) is 11.3. The summed E-state index contributed by atoms with van der Waals surface area (Å²) < 4.78 is 0. The minimum absolute atomic E-state index is 0.0846. The van der Waals surface area contributed by atoms with Crippen LogP contribution in [0.15, 0.2) is 18.2 Å². The van der Waals surface area contributed by atoms with Gasteiger partial charge in [-0.2, -0.15) is 0 Å². The van der Waals surface area contributed by atoms with Gasteiger partial charge in [-0.1, -0.05) is 34.5 Å². The number of amides is 1. The lowest BCUT2D eigenvalue weighted by atomic mass is 9.80. The lowest BCUT2D eigenvalue weighted by Crippen LogP contribution is -2.32. The molecule has 1 amide bonds. The van der Waals surface area contributed by atoms with E-state index in [1.807, 2.05) is 0 Å². The molecule has 1 aliphatic heterocycles. The van der Waals surface area contributed by atoms with Crippen molar-refractivity contribution < 1.29 is 4.79 Å². The Morgan fingerprint density at radius 1 is 1.35 bits per heavy atom. The van der Waals surface area contributed by atoms with Gasteiger partial charge in [0.1, 0.15) is 0 Å². The third-order valence-electron chi connectivity index (χ3n) is 3.94. The van der Waals surface area contributed by atoms with E-state index < -0.39 is 0 Å².